The van der Waals surface area contributed by atoms with Gasteiger partial charge in [0.2, 0.25) is 15.9 Å². The van der Waals surface area contributed by atoms with E-state index in [1.165, 1.54) is 10.6 Å². The van der Waals surface area contributed by atoms with Crippen molar-refractivity contribution in [1.29, 1.82) is 0 Å². The molecule has 1 aliphatic carbocycles. The molecule has 0 atom stereocenters. The molecule has 1 aromatic rings. The van der Waals surface area contributed by atoms with Crippen LogP contribution >= 0.6 is 0 Å². The van der Waals surface area contributed by atoms with Crippen molar-refractivity contribution in [1.82, 2.24) is 5.32 Å². The molecular weight excluding hydrogens is 338 g/mol. The molecule has 0 heterocycles. The number of nitrogens with one attached hydrogen (secondary N) is 1. The van der Waals surface area contributed by atoms with E-state index >= 15 is 0 Å². The Balaban J connectivity index is 2.03. The number of nitrogens with zero attached hydrogens (tertiary/aromatic N) is 2. The van der Waals surface area contributed by atoms with Crippen LogP contribution in [0.5, 0.6) is 0 Å². The predicted octanol–water partition coefficient (Wildman–Crippen LogP) is 2.22. The Morgan fingerprint density at radius 2 is 1.68 bits per heavy atom. The molecule has 1 aliphatic rings. The molecule has 0 aliphatic heterocycles. The second-order valence-electron chi connectivity index (χ2n) is 6.44. The number of sulfonamides is 1. The first-order valence-corrected chi connectivity index (χ1v) is 10.8. The Morgan fingerprint density at radius 3 is 2.12 bits per heavy atom. The van der Waals surface area contributed by atoms with Gasteiger partial charge in [0.1, 0.15) is 0 Å². The van der Waals surface area contributed by atoms with Gasteiger partial charge in [-0.2, -0.15) is 0 Å². The van der Waals surface area contributed by atoms with Gasteiger partial charge in [0.25, 0.3) is 0 Å². The predicted molar refractivity (Wildman–Crippen MR) is 103 cm³/mol. The summed E-state index contributed by atoms with van der Waals surface area (Å²) in [5, 5.41) is 2.85. The molecule has 2 rings (SSSR count). The van der Waals surface area contributed by atoms with Crippen LogP contribution in [0.3, 0.4) is 0 Å². The van der Waals surface area contributed by atoms with Gasteiger partial charge in [0.05, 0.1) is 18.5 Å². The summed E-state index contributed by atoms with van der Waals surface area (Å²) >= 11 is 0. The summed E-state index contributed by atoms with van der Waals surface area (Å²) in [6, 6.07) is 7.52. The molecule has 0 bridgehead atoms. The summed E-state index contributed by atoms with van der Waals surface area (Å²) in [6.07, 6.45) is 4.17. The highest BCUT2D eigenvalue weighted by Gasteiger charge is 2.25. The summed E-state index contributed by atoms with van der Waals surface area (Å²) in [6.45, 7) is 6.54. The minimum absolute atomic E-state index is 0.0385. The maximum absolute atomic E-state index is 12.1. The zero-order valence-corrected chi connectivity index (χ0v) is 16.2. The molecule has 1 fully saturated rings. The highest BCUT2D eigenvalue weighted by Crippen LogP contribution is 2.26. The molecule has 1 saturated carbocycles. The molecule has 1 N–H and O–H groups in total. The van der Waals surface area contributed by atoms with E-state index in [2.05, 4.69) is 24.1 Å². The maximum atomic E-state index is 12.1. The molecule has 1 amide bonds. The molecule has 6 nitrogen and oxygen atoms in total. The third kappa shape index (κ3) is 5.11. The monoisotopic (exact) mass is 367 g/mol. The Bertz CT molecular complexity index is 665. The van der Waals surface area contributed by atoms with Crippen molar-refractivity contribution in [2.45, 2.75) is 33.1 Å². The standard InChI is InChI=1S/C18H29N3O3S/c1-4-20(5-2)16-9-11-17(12-10-16)21(25(3,23)24)14-13-19-18(22)15-7-6-8-15/h9-12,15H,4-8,13-14H2,1-3H3,(H,19,22). The fourth-order valence-corrected chi connectivity index (χ4v) is 3.93. The van der Waals surface area contributed by atoms with Gasteiger partial charge in [0, 0.05) is 31.2 Å². The minimum Gasteiger partial charge on any atom is -0.372 e. The largest absolute Gasteiger partial charge is 0.372 e. The van der Waals surface area contributed by atoms with E-state index < -0.39 is 10.0 Å². The lowest BCUT2D eigenvalue weighted by Crippen LogP contribution is -2.41. The Morgan fingerprint density at radius 1 is 1.12 bits per heavy atom. The van der Waals surface area contributed by atoms with Crippen molar-refractivity contribution < 1.29 is 13.2 Å². The van der Waals surface area contributed by atoms with Crippen LogP contribution in [0.25, 0.3) is 0 Å². The van der Waals surface area contributed by atoms with Crippen molar-refractivity contribution in [3.05, 3.63) is 24.3 Å². The molecule has 25 heavy (non-hydrogen) atoms. The van der Waals surface area contributed by atoms with Crippen molar-refractivity contribution in [2.24, 2.45) is 5.92 Å². The van der Waals surface area contributed by atoms with Gasteiger partial charge in [-0.15, -0.1) is 0 Å². The highest BCUT2D eigenvalue weighted by atomic mass is 32.2. The second-order valence-corrected chi connectivity index (χ2v) is 8.35. The minimum atomic E-state index is -3.40. The lowest BCUT2D eigenvalue weighted by molar-refractivity contribution is -0.127. The highest BCUT2D eigenvalue weighted by molar-refractivity contribution is 7.92. The van der Waals surface area contributed by atoms with Gasteiger partial charge in [-0.25, -0.2) is 8.42 Å². The Hall–Kier alpha value is -1.76. The summed E-state index contributed by atoms with van der Waals surface area (Å²) in [5.41, 5.74) is 1.69. The molecule has 0 spiro atoms. The summed E-state index contributed by atoms with van der Waals surface area (Å²) in [7, 11) is -3.40. The number of carbonyl (C=O) groups is 1. The van der Waals surface area contributed by atoms with Gasteiger partial charge < -0.3 is 10.2 Å². The molecule has 0 aromatic heterocycles. The summed E-state index contributed by atoms with van der Waals surface area (Å²) in [4.78, 5) is 14.1. The SMILES string of the molecule is CCN(CC)c1ccc(N(CCNC(=O)C2CCC2)S(C)(=O)=O)cc1. The lowest BCUT2D eigenvalue weighted by Gasteiger charge is -2.27. The van der Waals surface area contributed by atoms with Crippen LogP contribution in [0.1, 0.15) is 33.1 Å². The summed E-state index contributed by atoms with van der Waals surface area (Å²) < 4.78 is 25.6. The van der Waals surface area contributed by atoms with Gasteiger partial charge in [-0.1, -0.05) is 6.42 Å². The van der Waals surface area contributed by atoms with E-state index in [1.54, 1.807) is 0 Å². The third-order valence-electron chi connectivity index (χ3n) is 4.76. The topological polar surface area (TPSA) is 69.7 Å². The second kappa shape index (κ2) is 8.56. The fraction of sp³-hybridized carbons (Fsp3) is 0.611. The lowest BCUT2D eigenvalue weighted by atomic mass is 9.85. The normalized spacial score (nSPS) is 14.7. The first-order chi connectivity index (χ1) is 11.9. The molecule has 1 aromatic carbocycles. The summed E-state index contributed by atoms with van der Waals surface area (Å²) in [5.74, 6) is 0.150. The van der Waals surface area contributed by atoms with E-state index in [4.69, 9.17) is 0 Å². The molecule has 0 radical (unpaired) electrons. The van der Waals surface area contributed by atoms with Gasteiger partial charge in [-0.3, -0.25) is 9.10 Å². The smallest absolute Gasteiger partial charge is 0.232 e. The Kier molecular flexibility index (Phi) is 6.70. The molecule has 7 heteroatoms. The fourth-order valence-electron chi connectivity index (χ4n) is 3.00. The van der Waals surface area contributed by atoms with Crippen molar-refractivity contribution >= 4 is 27.3 Å². The zero-order valence-electron chi connectivity index (χ0n) is 15.4. The quantitative estimate of drug-likeness (QED) is 0.726. The number of benzene rings is 1. The maximum Gasteiger partial charge on any atom is 0.232 e. The van der Waals surface area contributed by atoms with E-state index in [0.29, 0.717) is 12.2 Å². The van der Waals surface area contributed by atoms with Crippen LogP contribution in [-0.2, 0) is 14.8 Å². The van der Waals surface area contributed by atoms with Crippen molar-refractivity contribution in [2.75, 3.05) is 41.6 Å². The average molecular weight is 368 g/mol. The van der Waals surface area contributed by atoms with Crippen LogP contribution < -0.4 is 14.5 Å². The van der Waals surface area contributed by atoms with Gasteiger partial charge in [0.15, 0.2) is 0 Å². The number of amides is 1. The number of anilines is 2. The van der Waals surface area contributed by atoms with Gasteiger partial charge in [-0.05, 0) is 51.0 Å². The zero-order chi connectivity index (χ0) is 18.4. The number of carbonyl (C=O) groups excluding carboxylic acids is 1. The van der Waals surface area contributed by atoms with Crippen LogP contribution in [0.2, 0.25) is 0 Å². The van der Waals surface area contributed by atoms with E-state index in [-0.39, 0.29) is 18.4 Å². The molecular formula is C18H29N3O3S. The van der Waals surface area contributed by atoms with E-state index in [9.17, 15) is 13.2 Å². The average Bonchev–Trinajstić information content (AvgIpc) is 2.51. The van der Waals surface area contributed by atoms with E-state index in [1.807, 2.05) is 24.3 Å². The Labute approximate surface area is 151 Å². The van der Waals surface area contributed by atoms with Crippen LogP contribution in [-0.4, -0.2) is 46.8 Å². The van der Waals surface area contributed by atoms with Crippen LogP contribution in [0.15, 0.2) is 24.3 Å². The third-order valence-corrected chi connectivity index (χ3v) is 5.95. The first kappa shape index (κ1) is 19.6. The molecule has 0 saturated heterocycles. The molecule has 140 valence electrons. The molecule has 0 unspecified atom stereocenters. The first-order valence-electron chi connectivity index (χ1n) is 8.97. The number of hydrogen-bond donors (Lipinski definition) is 1. The van der Waals surface area contributed by atoms with Crippen LogP contribution in [0, 0.1) is 5.92 Å². The van der Waals surface area contributed by atoms with E-state index in [0.717, 1.165) is 38.0 Å². The van der Waals surface area contributed by atoms with Crippen molar-refractivity contribution in [3.8, 4) is 0 Å². The number of hydrogen-bond acceptors (Lipinski definition) is 4. The van der Waals surface area contributed by atoms with Crippen LogP contribution in [0.4, 0.5) is 11.4 Å². The number of rotatable bonds is 9. The van der Waals surface area contributed by atoms with Gasteiger partial charge >= 0.3 is 0 Å². The van der Waals surface area contributed by atoms with Crippen molar-refractivity contribution in [3.63, 3.8) is 0 Å².